The highest BCUT2D eigenvalue weighted by Gasteiger charge is 2.25. The van der Waals surface area contributed by atoms with Crippen LogP contribution < -0.4 is 0 Å². The van der Waals surface area contributed by atoms with E-state index in [1.807, 2.05) is 18.2 Å². The van der Waals surface area contributed by atoms with Crippen LogP contribution in [0.15, 0.2) is 24.5 Å². The van der Waals surface area contributed by atoms with Crippen LogP contribution in [-0.4, -0.2) is 19.6 Å². The molecule has 0 radical (unpaired) electrons. The topological polar surface area (TPSA) is 47.4 Å². The van der Waals surface area contributed by atoms with E-state index >= 15 is 0 Å². The zero-order chi connectivity index (χ0) is 11.0. The van der Waals surface area contributed by atoms with Crippen molar-refractivity contribution in [2.45, 2.75) is 12.5 Å². The second kappa shape index (κ2) is 3.83. The van der Waals surface area contributed by atoms with Gasteiger partial charge < -0.3 is 0 Å². The van der Waals surface area contributed by atoms with Gasteiger partial charge in [-0.2, -0.15) is 14.6 Å². The van der Waals surface area contributed by atoms with Crippen molar-refractivity contribution in [1.82, 2.24) is 19.6 Å². The van der Waals surface area contributed by atoms with Crippen LogP contribution in [0.2, 0.25) is 0 Å². The summed E-state index contributed by atoms with van der Waals surface area (Å²) >= 11 is 2.17. The van der Waals surface area contributed by atoms with Gasteiger partial charge in [0, 0.05) is 0 Å². The van der Waals surface area contributed by atoms with Gasteiger partial charge in [0.05, 0.1) is 12.5 Å². The molecule has 1 aliphatic rings. The maximum atomic E-state index is 4.31. The Bertz CT molecular complexity index is 633. The van der Waals surface area contributed by atoms with Gasteiger partial charge in [0.2, 0.25) is 0 Å². The van der Waals surface area contributed by atoms with Gasteiger partial charge in [-0.25, -0.2) is 4.98 Å². The molecule has 3 rings (SSSR count). The fourth-order valence-corrected chi connectivity index (χ4v) is 2.20. The predicted molar refractivity (Wildman–Crippen MR) is 67.2 cm³/mol. The Labute approximate surface area is 105 Å². The SMILES string of the molecule is Ic1cc(C2CC=CC#[N+]2)n2ncnc2n1. The van der Waals surface area contributed by atoms with Gasteiger partial charge in [-0.1, -0.05) is 10.9 Å². The lowest BCUT2D eigenvalue weighted by atomic mass is 10.1. The van der Waals surface area contributed by atoms with Gasteiger partial charge in [-0.15, -0.1) is 0 Å². The normalized spacial score (nSPS) is 18.4. The van der Waals surface area contributed by atoms with E-state index in [-0.39, 0.29) is 6.04 Å². The third-order valence-electron chi connectivity index (χ3n) is 2.37. The van der Waals surface area contributed by atoms with Gasteiger partial charge in [0.15, 0.2) is 0 Å². The third kappa shape index (κ3) is 1.57. The molecule has 0 amide bonds. The summed E-state index contributed by atoms with van der Waals surface area (Å²) in [7, 11) is 0. The number of aromatic nitrogens is 4. The van der Waals surface area contributed by atoms with Crippen LogP contribution in [0.4, 0.5) is 0 Å². The Morgan fingerprint density at radius 1 is 1.56 bits per heavy atom. The summed E-state index contributed by atoms with van der Waals surface area (Å²) in [5, 5.41) is 4.16. The Kier molecular flexibility index (Phi) is 2.32. The average molecular weight is 324 g/mol. The van der Waals surface area contributed by atoms with Crippen LogP contribution in [0.25, 0.3) is 10.6 Å². The predicted octanol–water partition coefficient (Wildman–Crippen LogP) is 2.06. The minimum Gasteiger partial charge on any atom is -0.205 e. The number of fused-ring (bicyclic) bond motifs is 1. The zero-order valence-electron chi connectivity index (χ0n) is 8.21. The van der Waals surface area contributed by atoms with E-state index in [1.165, 1.54) is 6.33 Å². The first-order valence-electron chi connectivity index (χ1n) is 4.81. The van der Waals surface area contributed by atoms with E-state index in [4.69, 9.17) is 0 Å². The Hall–Kier alpha value is -1.49. The first-order chi connectivity index (χ1) is 7.84. The van der Waals surface area contributed by atoms with E-state index in [0.29, 0.717) is 5.78 Å². The molecule has 5 nitrogen and oxygen atoms in total. The largest absolute Gasteiger partial charge is 0.317 e. The van der Waals surface area contributed by atoms with Crippen molar-refractivity contribution in [2.75, 3.05) is 0 Å². The summed E-state index contributed by atoms with van der Waals surface area (Å²) < 4.78 is 2.63. The molecule has 1 unspecified atom stereocenters. The van der Waals surface area contributed by atoms with Crippen LogP contribution in [0.5, 0.6) is 0 Å². The molecule has 2 aromatic heterocycles. The van der Waals surface area contributed by atoms with Gasteiger partial charge in [-0.3, -0.25) is 0 Å². The molecule has 0 bridgehead atoms. The molecule has 0 saturated carbocycles. The van der Waals surface area contributed by atoms with Gasteiger partial charge in [0.1, 0.15) is 15.7 Å². The molecule has 3 heterocycles. The lowest BCUT2D eigenvalue weighted by Crippen LogP contribution is -2.06. The minimum atomic E-state index is 0.0608. The van der Waals surface area contributed by atoms with E-state index in [0.717, 1.165) is 15.8 Å². The summed E-state index contributed by atoms with van der Waals surface area (Å²) in [5.41, 5.74) is 1.00. The standard InChI is InChI=1S/C10H7IN5/c11-9-5-8(7-3-1-2-4-12-7)16-10(15-9)13-6-14-16/h1-2,5-7H,3H2/q+1. The summed E-state index contributed by atoms with van der Waals surface area (Å²) in [6, 6.07) is 4.91. The van der Waals surface area contributed by atoms with Crippen molar-refractivity contribution >= 4 is 28.4 Å². The molecule has 6 heteroatoms. The van der Waals surface area contributed by atoms with Crippen LogP contribution in [0.3, 0.4) is 0 Å². The van der Waals surface area contributed by atoms with E-state index < -0.39 is 0 Å². The Morgan fingerprint density at radius 2 is 2.50 bits per heavy atom. The zero-order valence-corrected chi connectivity index (χ0v) is 10.4. The summed E-state index contributed by atoms with van der Waals surface area (Å²) in [6.45, 7) is 0. The summed E-state index contributed by atoms with van der Waals surface area (Å²) in [5.74, 6) is 0.617. The number of hydrogen-bond acceptors (Lipinski definition) is 3. The Balaban J connectivity index is 2.20. The summed E-state index contributed by atoms with van der Waals surface area (Å²) in [6.07, 6.45) is 6.25. The number of allylic oxidation sites excluding steroid dienone is 1. The van der Waals surface area contributed by atoms with E-state index in [1.54, 1.807) is 4.52 Å². The molecule has 1 aliphatic heterocycles. The molecule has 0 aliphatic carbocycles. The van der Waals surface area contributed by atoms with Crippen molar-refractivity contribution in [3.8, 4) is 6.07 Å². The quantitative estimate of drug-likeness (QED) is 0.596. The highest BCUT2D eigenvalue weighted by molar-refractivity contribution is 14.1. The first-order valence-corrected chi connectivity index (χ1v) is 5.89. The molecular formula is C10H7IN5+. The number of rotatable bonds is 1. The van der Waals surface area contributed by atoms with Crippen molar-refractivity contribution in [2.24, 2.45) is 0 Å². The van der Waals surface area contributed by atoms with E-state index in [9.17, 15) is 0 Å². The number of nitrogens with zero attached hydrogens (tertiary/aromatic N) is 5. The van der Waals surface area contributed by atoms with Gasteiger partial charge in [0.25, 0.3) is 5.78 Å². The van der Waals surface area contributed by atoms with E-state index in [2.05, 4.69) is 48.6 Å². The van der Waals surface area contributed by atoms with Gasteiger partial charge >= 0.3 is 12.1 Å². The van der Waals surface area contributed by atoms with Crippen LogP contribution in [0, 0.1) is 9.77 Å². The molecule has 2 aromatic rings. The smallest absolute Gasteiger partial charge is 0.205 e. The van der Waals surface area contributed by atoms with Crippen LogP contribution in [0.1, 0.15) is 18.2 Å². The fraction of sp³-hybridized carbons (Fsp3) is 0.200. The molecular weight excluding hydrogens is 317 g/mol. The summed E-state index contributed by atoms with van der Waals surface area (Å²) in [4.78, 5) is 12.7. The molecule has 1 atom stereocenters. The molecule has 0 fully saturated rings. The van der Waals surface area contributed by atoms with Crippen molar-refractivity contribution in [1.29, 1.82) is 0 Å². The van der Waals surface area contributed by atoms with Crippen molar-refractivity contribution < 1.29 is 0 Å². The average Bonchev–Trinajstić information content (AvgIpc) is 2.77. The second-order valence-electron chi connectivity index (χ2n) is 3.39. The Morgan fingerprint density at radius 3 is 3.31 bits per heavy atom. The van der Waals surface area contributed by atoms with Crippen LogP contribution >= 0.6 is 22.6 Å². The fourth-order valence-electron chi connectivity index (χ4n) is 1.66. The molecule has 0 N–H and O–H groups in total. The molecule has 78 valence electrons. The van der Waals surface area contributed by atoms with Crippen molar-refractivity contribution in [3.05, 3.63) is 38.8 Å². The lowest BCUT2D eigenvalue weighted by Gasteiger charge is -2.03. The maximum absolute atomic E-state index is 4.31. The lowest BCUT2D eigenvalue weighted by molar-refractivity contribution is 0.744. The third-order valence-corrected chi connectivity index (χ3v) is 2.92. The highest BCUT2D eigenvalue weighted by Crippen LogP contribution is 2.24. The van der Waals surface area contributed by atoms with Crippen molar-refractivity contribution in [3.63, 3.8) is 0 Å². The molecule has 16 heavy (non-hydrogen) atoms. The number of halogens is 1. The monoisotopic (exact) mass is 324 g/mol. The molecule has 0 spiro atoms. The molecule has 0 aromatic carbocycles. The van der Waals surface area contributed by atoms with Crippen LogP contribution in [-0.2, 0) is 0 Å². The highest BCUT2D eigenvalue weighted by atomic mass is 127. The van der Waals surface area contributed by atoms with Gasteiger partial charge in [-0.05, 0) is 28.7 Å². The minimum absolute atomic E-state index is 0.0608. The first kappa shape index (κ1) is 9.72. The second-order valence-corrected chi connectivity index (χ2v) is 4.49. The maximum Gasteiger partial charge on any atom is 0.317 e. The molecule has 0 saturated heterocycles. The number of hydrogen-bond donors (Lipinski definition) is 0.